The van der Waals surface area contributed by atoms with Crippen LogP contribution in [0.3, 0.4) is 0 Å². The van der Waals surface area contributed by atoms with Crippen LogP contribution in [0.25, 0.3) is 0 Å². The normalized spacial score (nSPS) is 24.3. The van der Waals surface area contributed by atoms with E-state index >= 15 is 0 Å². The number of nitrogens with one attached hydrogen (secondary N) is 2. The van der Waals surface area contributed by atoms with E-state index in [0.717, 1.165) is 30.4 Å². The maximum atomic E-state index is 12.3. The van der Waals surface area contributed by atoms with Crippen LogP contribution in [0.2, 0.25) is 0 Å². The first kappa shape index (κ1) is 22.6. The highest BCUT2D eigenvalue weighted by molar-refractivity contribution is 14.0. The minimum atomic E-state index is -1.00. The van der Waals surface area contributed by atoms with Crippen LogP contribution in [0, 0.1) is 5.41 Å². The van der Waals surface area contributed by atoms with Crippen molar-refractivity contribution in [2.75, 3.05) is 25.4 Å². The van der Waals surface area contributed by atoms with Gasteiger partial charge in [0, 0.05) is 35.3 Å². The zero-order chi connectivity index (χ0) is 18.4. The number of aliphatic imine (C=N–C) groups is 1. The molecule has 27 heavy (non-hydrogen) atoms. The Hall–Kier alpha value is -0.670. The first-order valence-electron chi connectivity index (χ1n) is 9.79. The van der Waals surface area contributed by atoms with Crippen LogP contribution in [-0.2, 0) is 15.5 Å². The fraction of sp³-hybridized carbons (Fsp3) is 0.650. The lowest BCUT2D eigenvalue weighted by Crippen LogP contribution is -2.68. The van der Waals surface area contributed by atoms with Gasteiger partial charge in [0.2, 0.25) is 0 Å². The average molecular weight is 505 g/mol. The summed E-state index contributed by atoms with van der Waals surface area (Å²) in [6.45, 7) is 6.31. The Morgan fingerprint density at radius 1 is 1.30 bits per heavy atom. The predicted molar refractivity (Wildman–Crippen MR) is 122 cm³/mol. The molecule has 0 amide bonds. The van der Waals surface area contributed by atoms with Gasteiger partial charge in [0.25, 0.3) is 0 Å². The van der Waals surface area contributed by atoms with Gasteiger partial charge in [0.15, 0.2) is 5.96 Å². The Labute approximate surface area is 182 Å². The van der Waals surface area contributed by atoms with Crippen LogP contribution in [0.1, 0.15) is 39.5 Å². The van der Waals surface area contributed by atoms with Crippen molar-refractivity contribution in [2.24, 2.45) is 10.4 Å². The van der Waals surface area contributed by atoms with Crippen LogP contribution in [-0.4, -0.2) is 47.8 Å². The summed E-state index contributed by atoms with van der Waals surface area (Å²) in [5.41, 5.74) is 0.305. The fourth-order valence-corrected chi connectivity index (χ4v) is 5.01. The van der Waals surface area contributed by atoms with Crippen molar-refractivity contribution < 1.29 is 8.95 Å². The lowest BCUT2D eigenvalue weighted by atomic mass is 9.51. The highest BCUT2D eigenvalue weighted by Gasteiger charge is 2.59. The van der Waals surface area contributed by atoms with Crippen molar-refractivity contribution in [3.05, 3.63) is 30.3 Å². The number of hydrogen-bond acceptors (Lipinski definition) is 3. The third-order valence-corrected chi connectivity index (χ3v) is 7.00. The van der Waals surface area contributed by atoms with Crippen molar-refractivity contribution in [1.82, 2.24) is 10.6 Å². The second-order valence-corrected chi connectivity index (χ2v) is 8.66. The van der Waals surface area contributed by atoms with Gasteiger partial charge in [-0.2, -0.15) is 0 Å². The molecule has 2 aliphatic carbocycles. The van der Waals surface area contributed by atoms with Gasteiger partial charge in [0.05, 0.1) is 23.4 Å². The Morgan fingerprint density at radius 2 is 2.04 bits per heavy atom. The lowest BCUT2D eigenvalue weighted by molar-refractivity contribution is -0.168. The third kappa shape index (κ3) is 5.23. The van der Waals surface area contributed by atoms with Crippen molar-refractivity contribution >= 4 is 40.7 Å². The standard InChI is InChI=1S/C20H31N3O2S.HI/c1-3-21-19(22-13-14-26(24)16-9-6-5-7-10-16)23-17-15-18(25-4-2)20(17)11-8-12-20;/h5-7,9-10,17-18H,3-4,8,11-15H2,1-2H3,(H2,21,22,23);1H. The second-order valence-electron chi connectivity index (χ2n) is 7.09. The Balaban J connectivity index is 0.00000261. The maximum absolute atomic E-state index is 12.3. The van der Waals surface area contributed by atoms with E-state index in [1.165, 1.54) is 19.3 Å². The summed E-state index contributed by atoms with van der Waals surface area (Å²) in [6, 6.07) is 10.0. The van der Waals surface area contributed by atoms with E-state index in [1.54, 1.807) is 0 Å². The molecule has 7 heteroatoms. The van der Waals surface area contributed by atoms with Gasteiger partial charge in [-0.1, -0.05) is 24.6 Å². The molecule has 152 valence electrons. The van der Waals surface area contributed by atoms with Crippen LogP contribution >= 0.6 is 24.0 Å². The molecule has 3 unspecified atom stereocenters. The van der Waals surface area contributed by atoms with E-state index in [1.807, 2.05) is 30.3 Å². The topological polar surface area (TPSA) is 62.7 Å². The molecule has 0 aliphatic heterocycles. The van der Waals surface area contributed by atoms with E-state index in [0.29, 0.717) is 29.9 Å². The van der Waals surface area contributed by atoms with Gasteiger partial charge in [-0.15, -0.1) is 24.0 Å². The minimum absolute atomic E-state index is 0. The number of benzene rings is 1. The molecule has 5 nitrogen and oxygen atoms in total. The molecule has 2 aliphatic rings. The second kappa shape index (κ2) is 10.8. The Bertz CT molecular complexity index is 637. The zero-order valence-corrected chi connectivity index (χ0v) is 19.4. The summed E-state index contributed by atoms with van der Waals surface area (Å²) in [4.78, 5) is 5.52. The van der Waals surface area contributed by atoms with E-state index in [9.17, 15) is 4.21 Å². The SMILES string of the molecule is CCNC(=NCCS(=O)c1ccccc1)NC1CC(OCC)C12CCC2.I. The quantitative estimate of drug-likeness (QED) is 0.324. The van der Waals surface area contributed by atoms with Crippen molar-refractivity contribution in [1.29, 1.82) is 0 Å². The molecule has 0 radical (unpaired) electrons. The summed E-state index contributed by atoms with van der Waals surface area (Å²) in [6.07, 6.45) is 5.23. The molecule has 2 saturated carbocycles. The van der Waals surface area contributed by atoms with Gasteiger partial charge < -0.3 is 15.4 Å². The highest BCUT2D eigenvalue weighted by atomic mass is 127. The number of guanidine groups is 1. The number of hydrogen-bond donors (Lipinski definition) is 2. The number of ether oxygens (including phenoxy) is 1. The van der Waals surface area contributed by atoms with Gasteiger partial charge in [-0.3, -0.25) is 9.20 Å². The summed E-state index contributed by atoms with van der Waals surface area (Å²) in [5.74, 6) is 1.38. The van der Waals surface area contributed by atoms with Crippen molar-refractivity contribution in [3.63, 3.8) is 0 Å². The Kier molecular flexibility index (Phi) is 9.01. The average Bonchev–Trinajstić information content (AvgIpc) is 2.60. The molecule has 0 heterocycles. The molecular weight excluding hydrogens is 473 g/mol. The van der Waals surface area contributed by atoms with Crippen LogP contribution < -0.4 is 10.6 Å². The smallest absolute Gasteiger partial charge is 0.191 e. The first-order valence-corrected chi connectivity index (χ1v) is 11.1. The minimum Gasteiger partial charge on any atom is -0.378 e. The molecule has 3 rings (SSSR count). The van der Waals surface area contributed by atoms with Crippen LogP contribution in [0.15, 0.2) is 40.2 Å². The molecule has 0 aromatic heterocycles. The van der Waals surface area contributed by atoms with Crippen LogP contribution in [0.4, 0.5) is 0 Å². The van der Waals surface area contributed by atoms with Gasteiger partial charge in [-0.25, -0.2) is 0 Å². The first-order chi connectivity index (χ1) is 12.7. The van der Waals surface area contributed by atoms with Crippen molar-refractivity contribution in [3.8, 4) is 0 Å². The van der Waals surface area contributed by atoms with Gasteiger partial charge in [-0.05, 0) is 45.2 Å². The lowest BCUT2D eigenvalue weighted by Gasteiger charge is -2.61. The van der Waals surface area contributed by atoms with Gasteiger partial charge in [0.1, 0.15) is 0 Å². The molecule has 2 fully saturated rings. The summed E-state index contributed by atoms with van der Waals surface area (Å²) >= 11 is 0. The van der Waals surface area contributed by atoms with Gasteiger partial charge >= 0.3 is 0 Å². The number of rotatable bonds is 8. The molecule has 2 N–H and O–H groups in total. The molecule has 1 spiro atoms. The number of nitrogens with zero attached hydrogens (tertiary/aromatic N) is 1. The molecular formula is C20H32IN3O2S. The largest absolute Gasteiger partial charge is 0.378 e. The molecule has 1 aromatic rings. The zero-order valence-electron chi connectivity index (χ0n) is 16.3. The monoisotopic (exact) mass is 505 g/mol. The molecule has 0 saturated heterocycles. The number of halogens is 1. The predicted octanol–water partition coefficient (Wildman–Crippen LogP) is 3.32. The molecule has 3 atom stereocenters. The molecule has 1 aromatic carbocycles. The van der Waals surface area contributed by atoms with Crippen LogP contribution in [0.5, 0.6) is 0 Å². The summed E-state index contributed by atoms with van der Waals surface area (Å²) in [5, 5.41) is 6.94. The van der Waals surface area contributed by atoms with Crippen molar-refractivity contribution in [2.45, 2.75) is 56.6 Å². The summed E-state index contributed by atoms with van der Waals surface area (Å²) < 4.78 is 18.3. The van der Waals surface area contributed by atoms with E-state index in [-0.39, 0.29) is 24.0 Å². The van der Waals surface area contributed by atoms with E-state index in [2.05, 4.69) is 29.5 Å². The van der Waals surface area contributed by atoms with E-state index < -0.39 is 10.8 Å². The highest BCUT2D eigenvalue weighted by Crippen LogP contribution is 2.57. The van der Waals surface area contributed by atoms with E-state index in [4.69, 9.17) is 4.74 Å². The fourth-order valence-electron chi connectivity index (χ4n) is 4.06. The summed E-state index contributed by atoms with van der Waals surface area (Å²) in [7, 11) is -1.00. The molecule has 0 bridgehead atoms. The third-order valence-electron chi connectivity index (χ3n) is 5.65. The maximum Gasteiger partial charge on any atom is 0.191 e. The Morgan fingerprint density at radius 3 is 2.63 bits per heavy atom.